The van der Waals surface area contributed by atoms with Crippen LogP contribution in [0.5, 0.6) is 5.75 Å². The monoisotopic (exact) mass is 441 g/mol. The molecule has 3 aromatic rings. The van der Waals surface area contributed by atoms with Gasteiger partial charge in [-0.3, -0.25) is 25.2 Å². The number of halogens is 1. The maximum absolute atomic E-state index is 13.0. The van der Waals surface area contributed by atoms with Gasteiger partial charge in [0.15, 0.2) is 0 Å². The third-order valence-electron chi connectivity index (χ3n) is 4.11. The lowest BCUT2D eigenvalue weighted by Gasteiger charge is -2.08. The van der Waals surface area contributed by atoms with Crippen LogP contribution in [0.1, 0.15) is 27.0 Å². The lowest BCUT2D eigenvalue weighted by molar-refractivity contribution is -0.120. The summed E-state index contributed by atoms with van der Waals surface area (Å²) in [5.74, 6) is -1.19. The number of hydrogen-bond donors (Lipinski definition) is 3. The highest BCUT2D eigenvalue weighted by atomic mass is 32.1. The van der Waals surface area contributed by atoms with Crippen LogP contribution >= 0.6 is 11.3 Å². The number of carbonyl (C=O) groups is 3. The first-order chi connectivity index (χ1) is 15.0. The van der Waals surface area contributed by atoms with Crippen LogP contribution in [0, 0.1) is 5.82 Å². The summed E-state index contributed by atoms with van der Waals surface area (Å²) in [4.78, 5) is 37.4. The first-order valence-electron chi connectivity index (χ1n) is 9.42. The molecule has 0 bridgehead atoms. The van der Waals surface area contributed by atoms with E-state index in [4.69, 9.17) is 4.74 Å². The van der Waals surface area contributed by atoms with E-state index in [1.54, 1.807) is 48.5 Å². The molecule has 3 amide bonds. The van der Waals surface area contributed by atoms with Crippen molar-refractivity contribution >= 4 is 29.1 Å². The molecule has 0 saturated carbocycles. The van der Waals surface area contributed by atoms with Gasteiger partial charge < -0.3 is 10.1 Å². The van der Waals surface area contributed by atoms with E-state index in [0.717, 1.165) is 10.4 Å². The van der Waals surface area contributed by atoms with E-state index >= 15 is 0 Å². The summed E-state index contributed by atoms with van der Waals surface area (Å²) in [5.41, 5.74) is 5.72. The minimum atomic E-state index is -0.581. The molecular weight excluding hydrogens is 421 g/mol. The van der Waals surface area contributed by atoms with Gasteiger partial charge in [-0.2, -0.15) is 0 Å². The van der Waals surface area contributed by atoms with E-state index in [0.29, 0.717) is 22.8 Å². The fourth-order valence-electron chi connectivity index (χ4n) is 2.59. The maximum Gasteiger partial charge on any atom is 0.279 e. The number of rotatable bonds is 7. The molecule has 31 heavy (non-hydrogen) atoms. The highest BCUT2D eigenvalue weighted by Gasteiger charge is 2.13. The number of ether oxygens (including phenoxy) is 1. The molecular formula is C22H20FN3O4S. The molecule has 0 aliphatic carbocycles. The molecule has 160 valence electrons. The van der Waals surface area contributed by atoms with E-state index in [9.17, 15) is 18.8 Å². The molecule has 3 N–H and O–H groups in total. The number of hydrazine groups is 1. The van der Waals surface area contributed by atoms with Gasteiger partial charge in [0.1, 0.15) is 11.6 Å². The fraction of sp³-hybridized carbons (Fsp3) is 0.136. The van der Waals surface area contributed by atoms with Crippen LogP contribution in [0.15, 0.2) is 60.7 Å². The zero-order chi connectivity index (χ0) is 22.2. The average Bonchev–Trinajstić information content (AvgIpc) is 3.27. The fourth-order valence-corrected chi connectivity index (χ4v) is 3.50. The standard InChI is InChI=1S/C22H20FN3O4S/c1-2-30-17-9-5-15(6-10-17)21(28)24-13-20(27)25-26-22(29)19-12-11-18(31-19)14-3-7-16(23)8-4-14/h3-12H,2,13H2,1H3,(H,24,28)(H,25,27)(H,26,29). The Morgan fingerprint density at radius 2 is 1.61 bits per heavy atom. The first kappa shape index (κ1) is 22.0. The molecule has 0 unspecified atom stereocenters. The van der Waals surface area contributed by atoms with Crippen molar-refractivity contribution in [1.29, 1.82) is 0 Å². The number of carbonyl (C=O) groups excluding carboxylic acids is 3. The summed E-state index contributed by atoms with van der Waals surface area (Å²) >= 11 is 1.21. The van der Waals surface area contributed by atoms with Gasteiger partial charge in [0.2, 0.25) is 0 Å². The Labute approximate surface area is 182 Å². The predicted octanol–water partition coefficient (Wildman–Crippen LogP) is 3.14. The Hall–Kier alpha value is -3.72. The van der Waals surface area contributed by atoms with E-state index in [-0.39, 0.29) is 12.4 Å². The lowest BCUT2D eigenvalue weighted by Crippen LogP contribution is -2.46. The second-order valence-corrected chi connectivity index (χ2v) is 7.40. The molecule has 0 saturated heterocycles. The SMILES string of the molecule is CCOc1ccc(C(=O)NCC(=O)NNC(=O)c2ccc(-c3ccc(F)cc3)s2)cc1. The molecule has 0 spiro atoms. The summed E-state index contributed by atoms with van der Waals surface area (Å²) < 4.78 is 18.3. The molecule has 1 heterocycles. The molecule has 7 nitrogen and oxygen atoms in total. The molecule has 9 heteroatoms. The molecule has 0 fully saturated rings. The second kappa shape index (κ2) is 10.4. The van der Waals surface area contributed by atoms with Crippen molar-refractivity contribution in [3.63, 3.8) is 0 Å². The Kier molecular flexibility index (Phi) is 7.34. The molecule has 0 atom stereocenters. The number of amides is 3. The van der Waals surface area contributed by atoms with Crippen LogP contribution in [0.3, 0.4) is 0 Å². The molecule has 0 radical (unpaired) electrons. The summed E-state index contributed by atoms with van der Waals surface area (Å²) in [6, 6.07) is 15.8. The Morgan fingerprint density at radius 1 is 0.903 bits per heavy atom. The quantitative estimate of drug-likeness (QED) is 0.491. The van der Waals surface area contributed by atoms with Crippen molar-refractivity contribution in [2.45, 2.75) is 6.92 Å². The molecule has 0 aliphatic heterocycles. The zero-order valence-electron chi connectivity index (χ0n) is 16.6. The third-order valence-corrected chi connectivity index (χ3v) is 5.24. The van der Waals surface area contributed by atoms with Crippen LogP contribution in [0.25, 0.3) is 10.4 Å². The number of benzene rings is 2. The smallest absolute Gasteiger partial charge is 0.279 e. The van der Waals surface area contributed by atoms with Crippen molar-refractivity contribution in [2.24, 2.45) is 0 Å². The van der Waals surface area contributed by atoms with Crippen molar-refractivity contribution < 1.29 is 23.5 Å². The second-order valence-electron chi connectivity index (χ2n) is 6.31. The summed E-state index contributed by atoms with van der Waals surface area (Å²) in [5, 5.41) is 2.47. The largest absolute Gasteiger partial charge is 0.494 e. The van der Waals surface area contributed by atoms with Crippen LogP contribution in [0.2, 0.25) is 0 Å². The summed E-state index contributed by atoms with van der Waals surface area (Å²) in [7, 11) is 0. The Balaban J connectivity index is 1.45. The topological polar surface area (TPSA) is 96.5 Å². The Morgan fingerprint density at radius 3 is 2.29 bits per heavy atom. The van der Waals surface area contributed by atoms with Crippen LogP contribution in [-0.4, -0.2) is 30.9 Å². The summed E-state index contributed by atoms with van der Waals surface area (Å²) in [6.45, 7) is 2.08. The highest BCUT2D eigenvalue weighted by molar-refractivity contribution is 7.17. The number of thiophene rings is 1. The number of nitrogens with one attached hydrogen (secondary N) is 3. The molecule has 3 rings (SSSR count). The van der Waals surface area contributed by atoms with Crippen LogP contribution < -0.4 is 20.9 Å². The van der Waals surface area contributed by atoms with Crippen molar-refractivity contribution in [3.8, 4) is 16.2 Å². The predicted molar refractivity (Wildman–Crippen MR) is 115 cm³/mol. The van der Waals surface area contributed by atoms with Gasteiger partial charge in [0.25, 0.3) is 17.7 Å². The highest BCUT2D eigenvalue weighted by Crippen LogP contribution is 2.28. The van der Waals surface area contributed by atoms with Gasteiger partial charge in [0, 0.05) is 10.4 Å². The minimum absolute atomic E-state index is 0.308. The molecule has 0 aliphatic rings. The lowest BCUT2D eigenvalue weighted by atomic mass is 10.2. The molecule has 2 aromatic carbocycles. The van der Waals surface area contributed by atoms with Gasteiger partial charge >= 0.3 is 0 Å². The van der Waals surface area contributed by atoms with Crippen LogP contribution in [-0.2, 0) is 4.79 Å². The van der Waals surface area contributed by atoms with Crippen molar-refractivity contribution in [1.82, 2.24) is 16.2 Å². The minimum Gasteiger partial charge on any atom is -0.494 e. The first-order valence-corrected chi connectivity index (χ1v) is 10.2. The maximum atomic E-state index is 13.0. The van der Waals surface area contributed by atoms with Gasteiger partial charge in [-0.15, -0.1) is 11.3 Å². The van der Waals surface area contributed by atoms with Gasteiger partial charge in [0.05, 0.1) is 18.0 Å². The normalized spacial score (nSPS) is 10.3. The zero-order valence-corrected chi connectivity index (χ0v) is 17.4. The van der Waals surface area contributed by atoms with Gasteiger partial charge in [-0.1, -0.05) is 12.1 Å². The van der Waals surface area contributed by atoms with E-state index in [2.05, 4.69) is 16.2 Å². The van der Waals surface area contributed by atoms with Crippen molar-refractivity contribution in [3.05, 3.63) is 76.9 Å². The van der Waals surface area contributed by atoms with E-state index in [1.807, 2.05) is 6.92 Å². The van der Waals surface area contributed by atoms with Crippen molar-refractivity contribution in [2.75, 3.05) is 13.2 Å². The van der Waals surface area contributed by atoms with Gasteiger partial charge in [-0.25, -0.2) is 4.39 Å². The van der Waals surface area contributed by atoms with E-state index in [1.165, 1.54) is 23.5 Å². The molecule has 1 aromatic heterocycles. The van der Waals surface area contributed by atoms with Crippen LogP contribution in [0.4, 0.5) is 4.39 Å². The average molecular weight is 441 g/mol. The van der Waals surface area contributed by atoms with Gasteiger partial charge in [-0.05, 0) is 61.0 Å². The third kappa shape index (κ3) is 6.13. The Bertz CT molecular complexity index is 1070. The van der Waals surface area contributed by atoms with E-state index < -0.39 is 17.7 Å². The summed E-state index contributed by atoms with van der Waals surface area (Å²) in [6.07, 6.45) is 0. The number of hydrogen-bond acceptors (Lipinski definition) is 5.